The van der Waals surface area contributed by atoms with Crippen LogP contribution >= 0.6 is 15.9 Å². The molecule has 2 aromatic rings. The van der Waals surface area contributed by atoms with Crippen molar-refractivity contribution in [2.45, 2.75) is 44.9 Å². The van der Waals surface area contributed by atoms with Gasteiger partial charge in [0, 0.05) is 11.8 Å². The summed E-state index contributed by atoms with van der Waals surface area (Å²) in [6.45, 7) is 8.61. The minimum atomic E-state index is -0.712. The quantitative estimate of drug-likeness (QED) is 0.150. The van der Waals surface area contributed by atoms with E-state index in [1.807, 2.05) is 49.4 Å². The summed E-state index contributed by atoms with van der Waals surface area (Å²) in [5.74, 6) is 1.50. The highest BCUT2D eigenvalue weighted by molar-refractivity contribution is 9.09. The monoisotopic (exact) mass is 482 g/mol. The van der Waals surface area contributed by atoms with Crippen molar-refractivity contribution in [3.05, 3.63) is 65.7 Å². The molecule has 0 spiro atoms. The molecule has 4 nitrogen and oxygen atoms in total. The van der Waals surface area contributed by atoms with Crippen molar-refractivity contribution >= 4 is 33.6 Å². The number of benzene rings is 2. The first kappa shape index (κ1) is 24.7. The number of hydrogen-bond donors (Lipinski definition) is 0. The van der Waals surface area contributed by atoms with Gasteiger partial charge in [0.2, 0.25) is 0 Å². The second-order valence-corrected chi connectivity index (χ2v) is 8.39. The van der Waals surface area contributed by atoms with Gasteiger partial charge in [-0.2, -0.15) is 5.26 Å². The Morgan fingerprint density at radius 1 is 1.29 bits per heavy atom. The second kappa shape index (κ2) is 12.3. The van der Waals surface area contributed by atoms with Gasteiger partial charge in [-0.25, -0.2) is 4.99 Å². The first-order chi connectivity index (χ1) is 15.0. The molecule has 0 amide bonds. The third kappa shape index (κ3) is 6.97. The van der Waals surface area contributed by atoms with E-state index in [-0.39, 0.29) is 0 Å². The Bertz CT molecular complexity index is 949. The van der Waals surface area contributed by atoms with Crippen LogP contribution in [0.5, 0.6) is 5.75 Å². The van der Waals surface area contributed by atoms with E-state index in [9.17, 15) is 5.26 Å². The Morgan fingerprint density at radius 2 is 2.10 bits per heavy atom. The highest BCUT2D eigenvalue weighted by Gasteiger charge is 2.28. The van der Waals surface area contributed by atoms with Gasteiger partial charge in [0.15, 0.2) is 5.90 Å². The van der Waals surface area contributed by atoms with Crippen molar-refractivity contribution in [1.29, 1.82) is 5.26 Å². The number of rotatable bonds is 11. The molecule has 1 atom stereocenters. The molecule has 0 N–H and O–H groups in total. The van der Waals surface area contributed by atoms with Crippen LogP contribution in [0.4, 0.5) is 5.69 Å². The Labute approximate surface area is 194 Å². The first-order valence-corrected chi connectivity index (χ1v) is 11.7. The highest BCUT2D eigenvalue weighted by Crippen LogP contribution is 2.33. The van der Waals surface area contributed by atoms with Gasteiger partial charge in [0.25, 0.3) is 0 Å². The Morgan fingerprint density at radius 3 is 2.74 bits per heavy atom. The van der Waals surface area contributed by atoms with Gasteiger partial charge in [0.1, 0.15) is 5.75 Å². The summed E-state index contributed by atoms with van der Waals surface area (Å²) in [4.78, 5) is 4.70. The summed E-state index contributed by atoms with van der Waals surface area (Å²) in [6, 6.07) is 16.4. The third-order valence-electron chi connectivity index (χ3n) is 5.08. The van der Waals surface area contributed by atoms with E-state index >= 15 is 0 Å². The van der Waals surface area contributed by atoms with Gasteiger partial charge >= 0.3 is 0 Å². The predicted molar refractivity (Wildman–Crippen MR) is 133 cm³/mol. The van der Waals surface area contributed by atoms with E-state index in [1.54, 1.807) is 13.2 Å². The van der Waals surface area contributed by atoms with Gasteiger partial charge in [-0.1, -0.05) is 59.8 Å². The summed E-state index contributed by atoms with van der Waals surface area (Å²) in [6.07, 6.45) is 5.00. The van der Waals surface area contributed by atoms with Crippen LogP contribution in [0, 0.1) is 11.3 Å². The molecule has 0 aliphatic rings. The molecule has 0 saturated heterocycles. The Hall–Kier alpha value is -2.58. The fourth-order valence-electron chi connectivity index (χ4n) is 3.31. The van der Waals surface area contributed by atoms with Crippen LogP contribution in [-0.4, -0.2) is 24.9 Å². The largest absolute Gasteiger partial charge is 0.494 e. The molecule has 5 heteroatoms. The molecule has 0 radical (unpaired) electrons. The summed E-state index contributed by atoms with van der Waals surface area (Å²) in [5.41, 5.74) is 2.94. The average Bonchev–Trinajstić information content (AvgIpc) is 2.79. The molecule has 2 rings (SSSR count). The summed E-state index contributed by atoms with van der Waals surface area (Å²) in [7, 11) is 1.64. The van der Waals surface area contributed by atoms with E-state index in [1.165, 1.54) is 0 Å². The minimum absolute atomic E-state index is 0.571. The lowest BCUT2D eigenvalue weighted by molar-refractivity contribution is 0.318. The zero-order chi connectivity index (χ0) is 22.7. The number of methoxy groups -OCH3 is 1. The van der Waals surface area contributed by atoms with E-state index in [0.29, 0.717) is 18.9 Å². The molecule has 0 aliphatic carbocycles. The maximum atomic E-state index is 10.1. The van der Waals surface area contributed by atoms with Gasteiger partial charge in [-0.05, 0) is 61.1 Å². The van der Waals surface area contributed by atoms with Crippen molar-refractivity contribution in [1.82, 2.24) is 0 Å². The fraction of sp³-hybridized carbons (Fsp3) is 0.385. The molecule has 0 heterocycles. The van der Waals surface area contributed by atoms with Crippen molar-refractivity contribution in [3.63, 3.8) is 0 Å². The second-order valence-electron chi connectivity index (χ2n) is 7.60. The van der Waals surface area contributed by atoms with Crippen LogP contribution in [0.2, 0.25) is 0 Å². The van der Waals surface area contributed by atoms with Crippen LogP contribution in [0.15, 0.2) is 54.0 Å². The van der Waals surface area contributed by atoms with Crippen LogP contribution in [0.25, 0.3) is 6.08 Å². The molecule has 2 aromatic carbocycles. The molecule has 164 valence electrons. The van der Waals surface area contributed by atoms with E-state index in [2.05, 4.69) is 35.5 Å². The number of hydrogen-bond acceptors (Lipinski definition) is 4. The maximum absolute atomic E-state index is 10.1. The number of aliphatic imine (C=N–C) groups is 1. The maximum Gasteiger partial charge on any atom is 0.188 e. The number of alkyl halides is 1. The van der Waals surface area contributed by atoms with Crippen LogP contribution in [0.1, 0.15) is 49.8 Å². The fourth-order valence-corrected chi connectivity index (χ4v) is 3.54. The van der Waals surface area contributed by atoms with E-state index in [4.69, 9.17) is 14.5 Å². The minimum Gasteiger partial charge on any atom is -0.494 e. The Balaban J connectivity index is 2.36. The summed E-state index contributed by atoms with van der Waals surface area (Å²) in [5, 5.41) is 11.0. The lowest BCUT2D eigenvalue weighted by atomic mass is 9.78. The van der Waals surface area contributed by atoms with Crippen molar-refractivity contribution < 1.29 is 9.47 Å². The SMILES string of the molecule is C=Cc1ccc(C(C)(C#N)Cc2cccc(OCCCBr)c2)cc1N=C(CCC)OC. The topological polar surface area (TPSA) is 54.6 Å². The molecule has 0 aromatic heterocycles. The van der Waals surface area contributed by atoms with E-state index in [0.717, 1.165) is 52.7 Å². The molecule has 0 bridgehead atoms. The lowest BCUT2D eigenvalue weighted by Gasteiger charge is -2.23. The van der Waals surface area contributed by atoms with Crippen LogP contribution in [-0.2, 0) is 16.6 Å². The lowest BCUT2D eigenvalue weighted by Crippen LogP contribution is -2.23. The molecular formula is C26H31BrN2O2. The standard InChI is InChI=1S/C26H31BrN2O2/c1-5-9-25(30-4)29-24-17-22(13-12-21(24)6-2)26(3,19-28)18-20-10-7-11-23(16-20)31-15-8-14-27/h6-7,10-13,16-17H,2,5,8-9,14-15,18H2,1,3-4H3. The van der Waals surface area contributed by atoms with Crippen LogP contribution in [0.3, 0.4) is 0 Å². The Kier molecular flexibility index (Phi) is 9.81. The number of nitriles is 1. The third-order valence-corrected chi connectivity index (χ3v) is 5.64. The smallest absolute Gasteiger partial charge is 0.188 e. The number of halogens is 1. The van der Waals surface area contributed by atoms with Crippen molar-refractivity contribution in [2.75, 3.05) is 19.0 Å². The zero-order valence-corrected chi connectivity index (χ0v) is 20.2. The summed E-state index contributed by atoms with van der Waals surface area (Å²) < 4.78 is 11.2. The predicted octanol–water partition coefficient (Wildman–Crippen LogP) is 6.99. The van der Waals surface area contributed by atoms with E-state index < -0.39 is 5.41 Å². The molecule has 0 saturated carbocycles. The van der Waals surface area contributed by atoms with Crippen LogP contribution < -0.4 is 4.74 Å². The summed E-state index contributed by atoms with van der Waals surface area (Å²) >= 11 is 3.42. The number of ether oxygens (including phenoxy) is 2. The van der Waals surface area contributed by atoms with Crippen molar-refractivity contribution in [3.8, 4) is 11.8 Å². The molecule has 31 heavy (non-hydrogen) atoms. The number of nitrogens with zero attached hydrogens (tertiary/aromatic N) is 2. The zero-order valence-electron chi connectivity index (χ0n) is 18.7. The van der Waals surface area contributed by atoms with Gasteiger partial charge in [0.05, 0.1) is 30.9 Å². The van der Waals surface area contributed by atoms with Gasteiger partial charge in [-0.15, -0.1) is 0 Å². The van der Waals surface area contributed by atoms with Gasteiger partial charge in [-0.3, -0.25) is 0 Å². The normalized spacial score (nSPS) is 13.2. The molecule has 0 fully saturated rings. The van der Waals surface area contributed by atoms with Crippen molar-refractivity contribution in [2.24, 2.45) is 4.99 Å². The molecule has 0 aliphatic heterocycles. The molecular weight excluding hydrogens is 452 g/mol. The van der Waals surface area contributed by atoms with Gasteiger partial charge < -0.3 is 9.47 Å². The first-order valence-electron chi connectivity index (χ1n) is 10.6. The highest BCUT2D eigenvalue weighted by atomic mass is 79.9. The average molecular weight is 483 g/mol. The molecule has 1 unspecified atom stereocenters.